The van der Waals surface area contributed by atoms with Crippen LogP contribution in [0.5, 0.6) is 0 Å². The summed E-state index contributed by atoms with van der Waals surface area (Å²) in [5.74, 6) is 0. The molecule has 0 fully saturated rings. The first kappa shape index (κ1) is 23.8. The van der Waals surface area contributed by atoms with Crippen molar-refractivity contribution >= 4 is 64.6 Å². The zero-order valence-electron chi connectivity index (χ0n) is 24.0. The highest BCUT2D eigenvalue weighted by molar-refractivity contribution is 6.48. The summed E-state index contributed by atoms with van der Waals surface area (Å²) in [6, 6.07) is 58.2. The summed E-state index contributed by atoms with van der Waals surface area (Å²) in [4.78, 5) is 0. The fraction of sp³-hybridized carbons (Fsp3) is 0. The van der Waals surface area contributed by atoms with Crippen LogP contribution in [0.3, 0.4) is 0 Å². The molecular weight excluding hydrogens is 528 g/mol. The molecule has 202 valence electrons. The van der Waals surface area contributed by atoms with Gasteiger partial charge in [-0.05, 0) is 110 Å². The van der Waals surface area contributed by atoms with Crippen LogP contribution < -0.4 is 0 Å². The number of hydrogen-bond acceptors (Lipinski definition) is 0. The topological polar surface area (TPSA) is 0 Å². The standard InChI is InChI=1S/C44H26/c1-4-13-27(14-5-1)30-25-37-32-19-10-11-20-34(32)42-41(37)38(26-30)39(29-17-8-3-9-18-29)43-36-24-23-31(28-15-6-2-7-16-28)33-21-12-22-35(40(33)36)44(42)43/h1-26H. The first-order valence-corrected chi connectivity index (χ1v) is 15.4. The molecule has 0 aromatic heterocycles. The summed E-state index contributed by atoms with van der Waals surface area (Å²) in [7, 11) is 0. The lowest BCUT2D eigenvalue weighted by atomic mass is 9.88. The largest absolute Gasteiger partial charge is 0.0622 e. The van der Waals surface area contributed by atoms with Crippen LogP contribution in [-0.2, 0) is 0 Å². The molecule has 10 aromatic rings. The molecule has 0 nitrogen and oxygen atoms in total. The fourth-order valence-corrected chi connectivity index (χ4v) is 7.97. The van der Waals surface area contributed by atoms with Gasteiger partial charge in [0.1, 0.15) is 0 Å². The average molecular weight is 555 g/mol. The van der Waals surface area contributed by atoms with E-state index in [0.29, 0.717) is 0 Å². The van der Waals surface area contributed by atoms with Crippen molar-refractivity contribution in [1.82, 2.24) is 0 Å². The van der Waals surface area contributed by atoms with Crippen LogP contribution >= 0.6 is 0 Å². The summed E-state index contributed by atoms with van der Waals surface area (Å²) < 4.78 is 0. The number of hydrogen-bond donors (Lipinski definition) is 0. The van der Waals surface area contributed by atoms with Crippen LogP contribution in [0.2, 0.25) is 0 Å². The minimum atomic E-state index is 1.24. The highest BCUT2D eigenvalue weighted by Gasteiger charge is 2.25. The van der Waals surface area contributed by atoms with E-state index in [-0.39, 0.29) is 0 Å². The lowest BCUT2D eigenvalue weighted by Crippen LogP contribution is -1.87. The molecule has 0 saturated heterocycles. The highest BCUT2D eigenvalue weighted by Crippen LogP contribution is 2.54. The Morgan fingerprint density at radius 3 is 1.52 bits per heavy atom. The first-order chi connectivity index (χ1) is 21.9. The molecule has 10 aromatic carbocycles. The summed E-state index contributed by atoms with van der Waals surface area (Å²) >= 11 is 0. The van der Waals surface area contributed by atoms with Gasteiger partial charge in [0.2, 0.25) is 0 Å². The number of rotatable bonds is 3. The Morgan fingerprint density at radius 1 is 0.227 bits per heavy atom. The van der Waals surface area contributed by atoms with Crippen LogP contribution in [0.25, 0.3) is 98.0 Å². The van der Waals surface area contributed by atoms with Gasteiger partial charge in [0.25, 0.3) is 0 Å². The van der Waals surface area contributed by atoms with E-state index in [0.717, 1.165) is 0 Å². The van der Waals surface area contributed by atoms with Crippen LogP contribution in [0.1, 0.15) is 0 Å². The Morgan fingerprint density at radius 2 is 0.773 bits per heavy atom. The van der Waals surface area contributed by atoms with Gasteiger partial charge in [-0.1, -0.05) is 146 Å². The lowest BCUT2D eigenvalue weighted by molar-refractivity contribution is 1.66. The molecule has 0 saturated carbocycles. The van der Waals surface area contributed by atoms with Gasteiger partial charge in [0, 0.05) is 0 Å². The molecule has 0 aliphatic rings. The van der Waals surface area contributed by atoms with E-state index in [1.54, 1.807) is 0 Å². The van der Waals surface area contributed by atoms with E-state index in [1.165, 1.54) is 98.0 Å². The van der Waals surface area contributed by atoms with E-state index < -0.39 is 0 Å². The van der Waals surface area contributed by atoms with E-state index >= 15 is 0 Å². The van der Waals surface area contributed by atoms with E-state index in [1.807, 2.05) is 0 Å². The SMILES string of the molecule is c1ccc(-c2cc3c(-c4ccccc4)c4c5ccc(-c6ccccc6)c6cccc(c65)c4c4c5ccccc5c(c2)c34)cc1. The Balaban J connectivity index is 1.51. The van der Waals surface area contributed by atoms with Gasteiger partial charge in [-0.25, -0.2) is 0 Å². The predicted octanol–water partition coefficient (Wildman–Crippen LogP) is 12.5. The van der Waals surface area contributed by atoms with Crippen LogP contribution in [0.15, 0.2) is 158 Å². The maximum Gasteiger partial charge on any atom is -0.000697 e. The number of benzene rings is 8. The minimum Gasteiger partial charge on any atom is -0.0622 e. The molecule has 0 N–H and O–H groups in total. The van der Waals surface area contributed by atoms with Crippen molar-refractivity contribution in [2.24, 2.45) is 0 Å². The summed E-state index contributed by atoms with van der Waals surface area (Å²) in [5.41, 5.74) is 7.63. The van der Waals surface area contributed by atoms with Crippen molar-refractivity contribution in [2.75, 3.05) is 0 Å². The van der Waals surface area contributed by atoms with E-state index in [4.69, 9.17) is 0 Å². The molecule has 0 amide bonds. The summed E-state index contributed by atoms with van der Waals surface area (Å²) in [5, 5.41) is 16.2. The van der Waals surface area contributed by atoms with Gasteiger partial charge in [-0.2, -0.15) is 0 Å². The Kier molecular flexibility index (Phi) is 4.81. The first-order valence-electron chi connectivity index (χ1n) is 15.4. The highest BCUT2D eigenvalue weighted by atomic mass is 14.3. The quantitative estimate of drug-likeness (QED) is 0.204. The molecule has 0 radical (unpaired) electrons. The van der Waals surface area contributed by atoms with Crippen molar-refractivity contribution in [3.05, 3.63) is 158 Å². The molecular formula is C44H26. The molecule has 0 unspecified atom stereocenters. The van der Waals surface area contributed by atoms with Gasteiger partial charge in [0.05, 0.1) is 0 Å². The van der Waals surface area contributed by atoms with E-state index in [2.05, 4.69) is 158 Å². The van der Waals surface area contributed by atoms with Gasteiger partial charge in [0.15, 0.2) is 0 Å². The second-order valence-corrected chi connectivity index (χ2v) is 12.0. The molecule has 0 aliphatic carbocycles. The molecule has 44 heavy (non-hydrogen) atoms. The normalized spacial score (nSPS) is 12.1. The van der Waals surface area contributed by atoms with Crippen LogP contribution in [-0.4, -0.2) is 0 Å². The fourth-order valence-electron chi connectivity index (χ4n) is 7.97. The zero-order valence-corrected chi connectivity index (χ0v) is 24.0. The maximum absolute atomic E-state index is 2.45. The third kappa shape index (κ3) is 3.12. The third-order valence-corrected chi connectivity index (χ3v) is 9.73. The lowest BCUT2D eigenvalue weighted by Gasteiger charge is -2.14. The molecule has 0 spiro atoms. The van der Waals surface area contributed by atoms with E-state index in [9.17, 15) is 0 Å². The monoisotopic (exact) mass is 554 g/mol. The Hall–Kier alpha value is -5.72. The maximum atomic E-state index is 2.45. The third-order valence-electron chi connectivity index (χ3n) is 9.73. The van der Waals surface area contributed by atoms with Gasteiger partial charge in [-0.3, -0.25) is 0 Å². The molecule has 10 rings (SSSR count). The van der Waals surface area contributed by atoms with Gasteiger partial charge in [-0.15, -0.1) is 0 Å². The summed E-state index contributed by atoms with van der Waals surface area (Å²) in [6.07, 6.45) is 0. The predicted molar refractivity (Wildman–Crippen MR) is 190 cm³/mol. The summed E-state index contributed by atoms with van der Waals surface area (Å²) in [6.45, 7) is 0. The Bertz CT molecular complexity index is 2670. The molecule has 0 aliphatic heterocycles. The van der Waals surface area contributed by atoms with Gasteiger partial charge < -0.3 is 0 Å². The average Bonchev–Trinajstić information content (AvgIpc) is 3.61. The van der Waals surface area contributed by atoms with Crippen molar-refractivity contribution in [1.29, 1.82) is 0 Å². The minimum absolute atomic E-state index is 1.24. The second kappa shape index (κ2) is 8.89. The Labute approximate surface area is 255 Å². The molecule has 0 heteroatoms. The van der Waals surface area contributed by atoms with Crippen molar-refractivity contribution in [3.8, 4) is 33.4 Å². The van der Waals surface area contributed by atoms with Crippen molar-refractivity contribution in [3.63, 3.8) is 0 Å². The zero-order chi connectivity index (χ0) is 28.8. The second-order valence-electron chi connectivity index (χ2n) is 12.0. The van der Waals surface area contributed by atoms with Crippen LogP contribution in [0.4, 0.5) is 0 Å². The number of fused-ring (bicyclic) bond motifs is 7. The van der Waals surface area contributed by atoms with Crippen LogP contribution in [0, 0.1) is 0 Å². The van der Waals surface area contributed by atoms with Gasteiger partial charge >= 0.3 is 0 Å². The molecule has 0 bridgehead atoms. The van der Waals surface area contributed by atoms with Crippen molar-refractivity contribution < 1.29 is 0 Å². The smallest absolute Gasteiger partial charge is 0.000697 e. The van der Waals surface area contributed by atoms with Crippen molar-refractivity contribution in [2.45, 2.75) is 0 Å². The molecule has 0 atom stereocenters. The molecule has 0 heterocycles.